The van der Waals surface area contributed by atoms with Gasteiger partial charge in [0.25, 0.3) is 0 Å². The fourth-order valence-electron chi connectivity index (χ4n) is 2.15. The van der Waals surface area contributed by atoms with E-state index in [4.69, 9.17) is 4.74 Å². The van der Waals surface area contributed by atoms with Gasteiger partial charge in [-0.3, -0.25) is 9.79 Å². The minimum absolute atomic E-state index is 0.0511. The van der Waals surface area contributed by atoms with Gasteiger partial charge in [0.2, 0.25) is 5.91 Å². The summed E-state index contributed by atoms with van der Waals surface area (Å²) in [7, 11) is 1.69. The van der Waals surface area contributed by atoms with Gasteiger partial charge < -0.3 is 20.7 Å². The summed E-state index contributed by atoms with van der Waals surface area (Å²) in [5, 5.41) is 9.11. The Hall–Kier alpha value is -2.08. The van der Waals surface area contributed by atoms with Crippen molar-refractivity contribution in [2.45, 2.75) is 45.8 Å². The Kier molecular flexibility index (Phi) is 9.62. The Bertz CT molecular complexity index is 524. The first-order valence-electron chi connectivity index (χ1n) is 8.78. The number of carbonyl (C=O) groups is 1. The molecule has 1 aromatic carbocycles. The molecular formula is C19H32N4O2. The highest BCUT2D eigenvalue weighted by molar-refractivity contribution is 5.86. The van der Waals surface area contributed by atoms with Gasteiger partial charge in [-0.15, -0.1) is 0 Å². The summed E-state index contributed by atoms with van der Waals surface area (Å²) < 4.78 is 5.65. The number of carbonyl (C=O) groups excluding carboxylic acids is 1. The van der Waals surface area contributed by atoms with E-state index in [1.54, 1.807) is 7.05 Å². The molecule has 0 fully saturated rings. The molecule has 0 spiro atoms. The number of nitrogens with zero attached hydrogens (tertiary/aromatic N) is 1. The molecule has 0 aromatic heterocycles. The van der Waals surface area contributed by atoms with E-state index >= 15 is 0 Å². The van der Waals surface area contributed by atoms with E-state index in [2.05, 4.69) is 33.1 Å². The number of aliphatic imine (C=N–C) groups is 1. The zero-order valence-electron chi connectivity index (χ0n) is 15.9. The Morgan fingerprint density at radius 2 is 1.84 bits per heavy atom. The van der Waals surface area contributed by atoms with Crippen LogP contribution in [0.4, 0.5) is 0 Å². The zero-order chi connectivity index (χ0) is 18.5. The number of ether oxygens (including phenoxy) is 1. The third-order valence-electron chi connectivity index (χ3n) is 3.27. The normalized spacial score (nSPS) is 11.9. The number of nitrogens with one attached hydrogen (secondary N) is 3. The molecule has 6 heteroatoms. The molecule has 25 heavy (non-hydrogen) atoms. The van der Waals surface area contributed by atoms with Crippen LogP contribution in [-0.4, -0.2) is 44.1 Å². The van der Waals surface area contributed by atoms with Crippen LogP contribution in [-0.2, 0) is 16.1 Å². The Labute approximate surface area is 151 Å². The van der Waals surface area contributed by atoms with Gasteiger partial charge in [-0.25, -0.2) is 0 Å². The van der Waals surface area contributed by atoms with Crippen molar-refractivity contribution in [2.75, 3.05) is 26.7 Å². The molecule has 0 saturated carbocycles. The number of unbranched alkanes of at least 4 members (excludes halogenated alkanes) is 1. The summed E-state index contributed by atoms with van der Waals surface area (Å²) >= 11 is 0. The third kappa shape index (κ3) is 11.2. The van der Waals surface area contributed by atoms with Gasteiger partial charge in [-0.2, -0.15) is 0 Å². The first-order chi connectivity index (χ1) is 11.9. The molecular weight excluding hydrogens is 316 g/mol. The molecule has 6 nitrogen and oxygen atoms in total. The molecule has 0 heterocycles. The maximum Gasteiger partial charge on any atom is 0.239 e. The van der Waals surface area contributed by atoms with E-state index in [1.165, 1.54) is 5.56 Å². The largest absolute Gasteiger partial charge is 0.377 e. The minimum Gasteiger partial charge on any atom is -0.377 e. The molecule has 1 rings (SSSR count). The van der Waals surface area contributed by atoms with Crippen LogP contribution < -0.4 is 16.0 Å². The maximum absolute atomic E-state index is 11.8. The molecule has 3 N–H and O–H groups in total. The predicted molar refractivity (Wildman–Crippen MR) is 103 cm³/mol. The van der Waals surface area contributed by atoms with Crippen molar-refractivity contribution in [1.29, 1.82) is 0 Å². The van der Waals surface area contributed by atoms with Gasteiger partial charge in [0.05, 0.1) is 13.2 Å². The van der Waals surface area contributed by atoms with Crippen LogP contribution in [0.1, 0.15) is 39.2 Å². The van der Waals surface area contributed by atoms with Gasteiger partial charge in [-0.1, -0.05) is 30.3 Å². The number of hydrogen-bond acceptors (Lipinski definition) is 3. The third-order valence-corrected chi connectivity index (χ3v) is 3.27. The van der Waals surface area contributed by atoms with Crippen molar-refractivity contribution in [3.05, 3.63) is 35.9 Å². The molecule has 0 unspecified atom stereocenters. The average molecular weight is 348 g/mol. The van der Waals surface area contributed by atoms with Crippen LogP contribution in [0.2, 0.25) is 0 Å². The maximum atomic E-state index is 11.8. The second-order valence-electron chi connectivity index (χ2n) is 6.90. The molecule has 0 aliphatic carbocycles. The molecule has 0 radical (unpaired) electrons. The highest BCUT2D eigenvalue weighted by Gasteiger charge is 2.13. The fourth-order valence-corrected chi connectivity index (χ4v) is 2.15. The van der Waals surface area contributed by atoms with Gasteiger partial charge >= 0.3 is 0 Å². The highest BCUT2D eigenvalue weighted by atomic mass is 16.5. The lowest BCUT2D eigenvalue weighted by atomic mass is 10.1. The summed E-state index contributed by atoms with van der Waals surface area (Å²) in [4.78, 5) is 15.9. The van der Waals surface area contributed by atoms with Crippen LogP contribution >= 0.6 is 0 Å². The Balaban J connectivity index is 2.06. The number of rotatable bonds is 9. The van der Waals surface area contributed by atoms with E-state index < -0.39 is 0 Å². The molecule has 0 atom stereocenters. The molecule has 0 bridgehead atoms. The van der Waals surface area contributed by atoms with E-state index in [0.29, 0.717) is 12.6 Å². The Morgan fingerprint density at radius 1 is 1.12 bits per heavy atom. The minimum atomic E-state index is -0.227. The summed E-state index contributed by atoms with van der Waals surface area (Å²) in [6.07, 6.45) is 1.95. The van der Waals surface area contributed by atoms with Crippen molar-refractivity contribution in [2.24, 2.45) is 4.99 Å². The van der Waals surface area contributed by atoms with Gasteiger partial charge in [-0.05, 0) is 39.2 Å². The first-order valence-corrected chi connectivity index (χ1v) is 8.78. The van der Waals surface area contributed by atoms with Crippen molar-refractivity contribution in [3.63, 3.8) is 0 Å². The predicted octanol–water partition coefficient (Wildman–Crippen LogP) is 2.06. The summed E-state index contributed by atoms with van der Waals surface area (Å²) in [5.41, 5.74) is 0.967. The molecule has 140 valence electrons. The quantitative estimate of drug-likeness (QED) is 0.363. The standard InChI is InChI=1S/C19H32N4O2/c1-19(2,3)23-17(24)14-22-18(20-4)21-12-8-9-13-25-15-16-10-6-5-7-11-16/h5-7,10-11H,8-9,12-15H2,1-4H3,(H,23,24)(H2,20,21,22). The summed E-state index contributed by atoms with van der Waals surface area (Å²) in [5.74, 6) is 0.582. The van der Waals surface area contributed by atoms with E-state index in [9.17, 15) is 4.79 Å². The zero-order valence-corrected chi connectivity index (χ0v) is 15.9. The Morgan fingerprint density at radius 3 is 2.48 bits per heavy atom. The lowest BCUT2D eigenvalue weighted by molar-refractivity contribution is -0.121. The number of amides is 1. The summed E-state index contributed by atoms with van der Waals surface area (Å²) in [6.45, 7) is 8.25. The van der Waals surface area contributed by atoms with Gasteiger partial charge in [0.15, 0.2) is 5.96 Å². The van der Waals surface area contributed by atoms with E-state index in [1.807, 2.05) is 39.0 Å². The van der Waals surface area contributed by atoms with Crippen molar-refractivity contribution >= 4 is 11.9 Å². The lowest BCUT2D eigenvalue weighted by Gasteiger charge is -2.21. The smallest absolute Gasteiger partial charge is 0.239 e. The second kappa shape index (κ2) is 11.5. The van der Waals surface area contributed by atoms with Crippen LogP contribution in [0.15, 0.2) is 35.3 Å². The lowest BCUT2D eigenvalue weighted by Crippen LogP contribution is -2.48. The highest BCUT2D eigenvalue weighted by Crippen LogP contribution is 2.01. The monoisotopic (exact) mass is 348 g/mol. The average Bonchev–Trinajstić information content (AvgIpc) is 2.56. The topological polar surface area (TPSA) is 74.8 Å². The SMILES string of the molecule is CN=C(NCCCCOCc1ccccc1)NCC(=O)NC(C)(C)C. The molecule has 1 aromatic rings. The number of hydrogen-bond donors (Lipinski definition) is 3. The fraction of sp³-hybridized carbons (Fsp3) is 0.579. The molecule has 0 saturated heterocycles. The number of guanidine groups is 1. The van der Waals surface area contributed by atoms with E-state index in [-0.39, 0.29) is 18.0 Å². The molecule has 0 aliphatic heterocycles. The first kappa shape index (κ1) is 21.0. The van der Waals surface area contributed by atoms with Crippen molar-refractivity contribution in [3.8, 4) is 0 Å². The second-order valence-corrected chi connectivity index (χ2v) is 6.90. The van der Waals surface area contributed by atoms with Crippen molar-refractivity contribution in [1.82, 2.24) is 16.0 Å². The van der Waals surface area contributed by atoms with Gasteiger partial charge in [0.1, 0.15) is 0 Å². The molecule has 1 amide bonds. The van der Waals surface area contributed by atoms with E-state index in [0.717, 1.165) is 26.0 Å². The van der Waals surface area contributed by atoms with Crippen LogP contribution in [0.3, 0.4) is 0 Å². The van der Waals surface area contributed by atoms with Crippen LogP contribution in [0.25, 0.3) is 0 Å². The van der Waals surface area contributed by atoms with Gasteiger partial charge in [0, 0.05) is 25.7 Å². The van der Waals surface area contributed by atoms with Crippen LogP contribution in [0, 0.1) is 0 Å². The summed E-state index contributed by atoms with van der Waals surface area (Å²) in [6, 6.07) is 10.2. The number of benzene rings is 1. The van der Waals surface area contributed by atoms with Crippen molar-refractivity contribution < 1.29 is 9.53 Å². The van der Waals surface area contributed by atoms with Crippen LogP contribution in [0.5, 0.6) is 0 Å². The molecule has 0 aliphatic rings.